The van der Waals surface area contributed by atoms with E-state index in [1.807, 2.05) is 0 Å². The predicted molar refractivity (Wildman–Crippen MR) is 86.1 cm³/mol. The van der Waals surface area contributed by atoms with Gasteiger partial charge in [0.2, 0.25) is 5.75 Å². The number of methoxy groups -OCH3 is 1. The molecule has 0 N–H and O–H groups in total. The molecule has 0 fully saturated rings. The van der Waals surface area contributed by atoms with Gasteiger partial charge in [0, 0.05) is 18.9 Å². The summed E-state index contributed by atoms with van der Waals surface area (Å²) in [6, 6.07) is 10.3. The van der Waals surface area contributed by atoms with Crippen LogP contribution in [0.5, 0.6) is 17.2 Å². The molecule has 0 aliphatic rings. The maximum atomic E-state index is 11.3. The summed E-state index contributed by atoms with van der Waals surface area (Å²) in [5, 5.41) is 0.600. The number of halogens is 1. The van der Waals surface area contributed by atoms with Crippen LogP contribution in [0.1, 0.15) is 13.8 Å². The van der Waals surface area contributed by atoms with Crippen molar-refractivity contribution in [2.45, 2.75) is 13.8 Å². The molecule has 2 aromatic carbocycles. The summed E-state index contributed by atoms with van der Waals surface area (Å²) in [6.45, 7) is 2.56. The molecule has 0 unspecified atom stereocenters. The van der Waals surface area contributed by atoms with E-state index in [0.717, 1.165) is 5.56 Å². The minimum Gasteiger partial charge on any atom is -0.490 e. The Morgan fingerprint density at radius 3 is 1.74 bits per heavy atom. The average molecular weight is 335 g/mol. The van der Waals surface area contributed by atoms with Crippen LogP contribution >= 0.6 is 11.6 Å². The minimum atomic E-state index is -0.509. The van der Waals surface area contributed by atoms with Crippen LogP contribution < -0.4 is 14.2 Å². The lowest BCUT2D eigenvalue weighted by atomic mass is 10.0. The second-order valence-electron chi connectivity index (χ2n) is 4.70. The molecule has 0 saturated carbocycles. The first-order valence-electron chi connectivity index (χ1n) is 6.75. The van der Waals surface area contributed by atoms with Crippen LogP contribution in [-0.2, 0) is 9.59 Å². The van der Waals surface area contributed by atoms with Crippen LogP contribution in [0.3, 0.4) is 0 Å². The van der Waals surface area contributed by atoms with Crippen molar-refractivity contribution < 1.29 is 23.8 Å². The Morgan fingerprint density at radius 1 is 0.870 bits per heavy atom. The molecule has 0 spiro atoms. The molecule has 0 aliphatic carbocycles. The third-order valence-electron chi connectivity index (χ3n) is 2.91. The first kappa shape index (κ1) is 16.8. The quantitative estimate of drug-likeness (QED) is 0.627. The number of hydrogen-bond acceptors (Lipinski definition) is 5. The Morgan fingerprint density at radius 2 is 1.35 bits per heavy atom. The van der Waals surface area contributed by atoms with Crippen molar-refractivity contribution in [3.8, 4) is 28.4 Å². The van der Waals surface area contributed by atoms with Gasteiger partial charge in [0.05, 0.1) is 7.11 Å². The summed E-state index contributed by atoms with van der Waals surface area (Å²) in [4.78, 5) is 22.6. The smallest absolute Gasteiger partial charge is 0.308 e. The fourth-order valence-electron chi connectivity index (χ4n) is 2.05. The Hall–Kier alpha value is -2.53. The van der Waals surface area contributed by atoms with Gasteiger partial charge < -0.3 is 14.2 Å². The predicted octanol–water partition coefficient (Wildman–Crippen LogP) is 3.87. The van der Waals surface area contributed by atoms with E-state index in [4.69, 9.17) is 25.8 Å². The fourth-order valence-corrected chi connectivity index (χ4v) is 2.17. The van der Waals surface area contributed by atoms with E-state index in [0.29, 0.717) is 10.6 Å². The standard InChI is InChI=1S/C17H15ClO5/c1-10(19)22-15-8-13(12-4-6-14(18)7-5-12)9-16(17(15)21-3)23-11(2)20/h4-9H,1-3H3. The Kier molecular flexibility index (Phi) is 5.24. The van der Waals surface area contributed by atoms with Gasteiger partial charge in [-0.1, -0.05) is 23.7 Å². The van der Waals surface area contributed by atoms with Crippen molar-refractivity contribution in [1.29, 1.82) is 0 Å². The van der Waals surface area contributed by atoms with E-state index < -0.39 is 11.9 Å². The van der Waals surface area contributed by atoms with Crippen LogP contribution in [-0.4, -0.2) is 19.0 Å². The maximum Gasteiger partial charge on any atom is 0.308 e. The monoisotopic (exact) mass is 334 g/mol. The lowest BCUT2D eigenvalue weighted by Gasteiger charge is -2.15. The molecule has 5 nitrogen and oxygen atoms in total. The lowest BCUT2D eigenvalue weighted by Crippen LogP contribution is -2.07. The Bertz CT molecular complexity index is 700. The highest BCUT2D eigenvalue weighted by Crippen LogP contribution is 2.41. The summed E-state index contributed by atoms with van der Waals surface area (Å²) in [5.41, 5.74) is 1.51. The molecule has 0 aliphatic heterocycles. The summed E-state index contributed by atoms with van der Waals surface area (Å²) in [5.74, 6) is -0.504. The van der Waals surface area contributed by atoms with Crippen molar-refractivity contribution in [2.75, 3.05) is 7.11 Å². The molecule has 0 radical (unpaired) electrons. The first-order chi connectivity index (χ1) is 10.9. The van der Waals surface area contributed by atoms with E-state index in [1.165, 1.54) is 21.0 Å². The zero-order chi connectivity index (χ0) is 17.0. The molecule has 0 aromatic heterocycles. The van der Waals surface area contributed by atoms with Crippen LogP contribution in [0.4, 0.5) is 0 Å². The third kappa shape index (κ3) is 4.23. The SMILES string of the molecule is COc1c(OC(C)=O)cc(-c2ccc(Cl)cc2)cc1OC(C)=O. The summed E-state index contributed by atoms with van der Waals surface area (Å²) in [7, 11) is 1.40. The Balaban J connectivity index is 2.60. The van der Waals surface area contributed by atoms with Crippen LogP contribution in [0, 0.1) is 0 Å². The molecule has 120 valence electrons. The van der Waals surface area contributed by atoms with Gasteiger partial charge in [-0.3, -0.25) is 9.59 Å². The fraction of sp³-hybridized carbons (Fsp3) is 0.176. The average Bonchev–Trinajstić information content (AvgIpc) is 2.46. The van der Waals surface area contributed by atoms with Gasteiger partial charge in [-0.25, -0.2) is 0 Å². The van der Waals surface area contributed by atoms with Gasteiger partial charge in [-0.15, -0.1) is 0 Å². The highest BCUT2D eigenvalue weighted by molar-refractivity contribution is 6.30. The molecule has 6 heteroatoms. The second-order valence-corrected chi connectivity index (χ2v) is 5.14. The zero-order valence-corrected chi connectivity index (χ0v) is 13.6. The molecule has 23 heavy (non-hydrogen) atoms. The number of benzene rings is 2. The van der Waals surface area contributed by atoms with Crippen molar-refractivity contribution in [1.82, 2.24) is 0 Å². The minimum absolute atomic E-state index is 0.170. The highest BCUT2D eigenvalue weighted by Gasteiger charge is 2.18. The third-order valence-corrected chi connectivity index (χ3v) is 3.16. The van der Waals surface area contributed by atoms with Gasteiger partial charge in [-0.2, -0.15) is 0 Å². The molecule has 2 aromatic rings. The van der Waals surface area contributed by atoms with Crippen LogP contribution in [0.25, 0.3) is 11.1 Å². The largest absolute Gasteiger partial charge is 0.490 e. The lowest BCUT2D eigenvalue weighted by molar-refractivity contribution is -0.132. The molecule has 0 atom stereocenters. The van der Waals surface area contributed by atoms with E-state index in [9.17, 15) is 9.59 Å². The molecular formula is C17H15ClO5. The number of hydrogen-bond donors (Lipinski definition) is 0. The number of esters is 2. The molecule has 0 bridgehead atoms. The topological polar surface area (TPSA) is 61.8 Å². The Labute approximate surface area is 138 Å². The molecule has 0 heterocycles. The van der Waals surface area contributed by atoms with Gasteiger partial charge >= 0.3 is 11.9 Å². The second kappa shape index (κ2) is 7.15. The van der Waals surface area contributed by atoms with Gasteiger partial charge in [0.1, 0.15) is 0 Å². The summed E-state index contributed by atoms with van der Waals surface area (Å²) in [6.07, 6.45) is 0. The number of rotatable bonds is 4. The van der Waals surface area contributed by atoms with E-state index in [2.05, 4.69) is 0 Å². The van der Waals surface area contributed by atoms with Crippen LogP contribution in [0.15, 0.2) is 36.4 Å². The van der Waals surface area contributed by atoms with Crippen molar-refractivity contribution in [3.05, 3.63) is 41.4 Å². The molecule has 2 rings (SSSR count). The number of carbonyl (C=O) groups excluding carboxylic acids is 2. The van der Waals surface area contributed by atoms with Crippen LogP contribution in [0.2, 0.25) is 5.02 Å². The summed E-state index contributed by atoms with van der Waals surface area (Å²) >= 11 is 5.89. The normalized spacial score (nSPS) is 10.1. The summed E-state index contributed by atoms with van der Waals surface area (Å²) < 4.78 is 15.5. The van der Waals surface area contributed by atoms with E-state index in [1.54, 1.807) is 36.4 Å². The van der Waals surface area contributed by atoms with Crippen molar-refractivity contribution >= 4 is 23.5 Å². The maximum absolute atomic E-state index is 11.3. The number of ether oxygens (including phenoxy) is 3. The van der Waals surface area contributed by atoms with Crippen molar-refractivity contribution in [2.24, 2.45) is 0 Å². The van der Waals surface area contributed by atoms with Gasteiger partial charge in [-0.05, 0) is 35.4 Å². The van der Waals surface area contributed by atoms with Gasteiger partial charge in [0.15, 0.2) is 11.5 Å². The van der Waals surface area contributed by atoms with E-state index in [-0.39, 0.29) is 17.2 Å². The first-order valence-corrected chi connectivity index (χ1v) is 7.13. The molecule has 0 amide bonds. The number of carbonyl (C=O) groups is 2. The van der Waals surface area contributed by atoms with Crippen molar-refractivity contribution in [3.63, 3.8) is 0 Å². The highest BCUT2D eigenvalue weighted by atomic mass is 35.5. The van der Waals surface area contributed by atoms with E-state index >= 15 is 0 Å². The molecule has 0 saturated heterocycles. The zero-order valence-electron chi connectivity index (χ0n) is 12.9. The molecular weight excluding hydrogens is 320 g/mol. The van der Waals surface area contributed by atoms with Gasteiger partial charge in [0.25, 0.3) is 0 Å².